The Balaban J connectivity index is 1.88. The number of aryl methyl sites for hydroxylation is 1. The van der Waals surface area contributed by atoms with E-state index in [1.807, 2.05) is 50.2 Å². The van der Waals surface area contributed by atoms with Gasteiger partial charge >= 0.3 is 0 Å². The van der Waals surface area contributed by atoms with Gasteiger partial charge in [0, 0.05) is 5.69 Å². The molecular weight excluding hydrogens is 298 g/mol. The highest BCUT2D eigenvalue weighted by molar-refractivity contribution is 5.99. The number of carbonyl (C=O) groups excluding carboxylic acids is 1. The maximum Gasteiger partial charge on any atom is 0.259 e. The molecule has 2 aromatic rings. The summed E-state index contributed by atoms with van der Waals surface area (Å²) in [5.74, 6) is 0.332. The highest BCUT2D eigenvalue weighted by Crippen LogP contribution is 2.15. The molecule has 0 aliphatic heterocycles. The van der Waals surface area contributed by atoms with Gasteiger partial charge in [0.25, 0.3) is 5.91 Å². The van der Waals surface area contributed by atoms with E-state index in [9.17, 15) is 4.79 Å². The summed E-state index contributed by atoms with van der Waals surface area (Å²) < 4.78 is 0. The van der Waals surface area contributed by atoms with Crippen molar-refractivity contribution >= 4 is 17.3 Å². The summed E-state index contributed by atoms with van der Waals surface area (Å²) in [4.78, 5) is 11.9. The Morgan fingerprint density at radius 2 is 1.83 bits per heavy atom. The highest BCUT2D eigenvalue weighted by atomic mass is 16.2. The van der Waals surface area contributed by atoms with Gasteiger partial charge in [-0.25, -0.2) is 5.43 Å². The lowest BCUT2D eigenvalue weighted by Crippen LogP contribution is -2.26. The third kappa shape index (κ3) is 5.23. The number of rotatable bonds is 6. The van der Waals surface area contributed by atoms with E-state index < -0.39 is 0 Å². The predicted octanol–water partition coefficient (Wildman–Crippen LogP) is 4.07. The zero-order chi connectivity index (χ0) is 17.5. The van der Waals surface area contributed by atoms with Crippen molar-refractivity contribution in [2.45, 2.75) is 33.6 Å². The minimum absolute atomic E-state index is 0.172. The fourth-order valence-corrected chi connectivity index (χ4v) is 2.30. The third-order valence-corrected chi connectivity index (χ3v) is 3.81. The van der Waals surface area contributed by atoms with Crippen LogP contribution in [0.15, 0.2) is 53.6 Å². The molecule has 0 fully saturated rings. The summed E-state index contributed by atoms with van der Waals surface area (Å²) in [6.07, 6.45) is 0. The first kappa shape index (κ1) is 17.7. The molecule has 0 heterocycles. The molecule has 4 nitrogen and oxygen atoms in total. The Kier molecular flexibility index (Phi) is 6.13. The summed E-state index contributed by atoms with van der Waals surface area (Å²) in [5, 5.41) is 7.26. The normalized spacial score (nSPS) is 11.5. The second-order valence-electron chi connectivity index (χ2n) is 6.23. The number of nitrogens with zero attached hydrogens (tertiary/aromatic N) is 1. The van der Waals surface area contributed by atoms with Crippen molar-refractivity contribution in [1.82, 2.24) is 5.43 Å². The molecule has 0 aliphatic rings. The van der Waals surface area contributed by atoms with Crippen LogP contribution in [0.4, 0.5) is 5.69 Å². The SMILES string of the molecule is CC(=NNC(=O)CNc1cccc(C)c1)c1ccc(C(C)C)cc1. The molecule has 0 aliphatic carbocycles. The first-order valence-corrected chi connectivity index (χ1v) is 8.19. The summed E-state index contributed by atoms with van der Waals surface area (Å²) in [6.45, 7) is 8.42. The molecule has 0 bridgehead atoms. The smallest absolute Gasteiger partial charge is 0.259 e. The van der Waals surface area contributed by atoms with Crippen molar-refractivity contribution in [3.63, 3.8) is 0 Å². The molecule has 4 heteroatoms. The van der Waals surface area contributed by atoms with Crippen molar-refractivity contribution < 1.29 is 4.79 Å². The van der Waals surface area contributed by atoms with Crippen molar-refractivity contribution in [2.75, 3.05) is 11.9 Å². The predicted molar refractivity (Wildman–Crippen MR) is 101 cm³/mol. The first-order valence-electron chi connectivity index (χ1n) is 8.19. The Bertz CT molecular complexity index is 718. The molecule has 0 radical (unpaired) electrons. The number of hydrogen-bond donors (Lipinski definition) is 2. The Labute approximate surface area is 144 Å². The molecular formula is C20H25N3O. The van der Waals surface area contributed by atoms with Crippen LogP contribution in [0.3, 0.4) is 0 Å². The van der Waals surface area contributed by atoms with Crippen molar-refractivity contribution in [3.8, 4) is 0 Å². The minimum Gasteiger partial charge on any atom is -0.376 e. The van der Waals surface area contributed by atoms with Gasteiger partial charge in [-0.2, -0.15) is 5.10 Å². The van der Waals surface area contributed by atoms with Crippen LogP contribution in [0.2, 0.25) is 0 Å². The highest BCUT2D eigenvalue weighted by Gasteiger charge is 2.03. The summed E-state index contributed by atoms with van der Waals surface area (Å²) in [7, 11) is 0. The van der Waals surface area contributed by atoms with Crippen LogP contribution in [0.1, 0.15) is 43.4 Å². The lowest BCUT2D eigenvalue weighted by molar-refractivity contribution is -0.119. The summed E-state index contributed by atoms with van der Waals surface area (Å²) in [6, 6.07) is 16.2. The molecule has 24 heavy (non-hydrogen) atoms. The largest absolute Gasteiger partial charge is 0.376 e. The fraction of sp³-hybridized carbons (Fsp3) is 0.300. The van der Waals surface area contributed by atoms with Gasteiger partial charge in [0.15, 0.2) is 0 Å². The molecule has 2 aromatic carbocycles. The van der Waals surface area contributed by atoms with Gasteiger partial charge in [0.1, 0.15) is 0 Å². The molecule has 0 unspecified atom stereocenters. The molecule has 0 aromatic heterocycles. The second-order valence-corrected chi connectivity index (χ2v) is 6.23. The Morgan fingerprint density at radius 1 is 1.12 bits per heavy atom. The molecule has 2 rings (SSSR count). The molecule has 0 saturated carbocycles. The maximum atomic E-state index is 11.9. The lowest BCUT2D eigenvalue weighted by Gasteiger charge is -2.08. The zero-order valence-electron chi connectivity index (χ0n) is 14.8. The average Bonchev–Trinajstić information content (AvgIpc) is 2.58. The number of hydrazone groups is 1. The number of anilines is 1. The number of benzene rings is 2. The van der Waals surface area contributed by atoms with E-state index >= 15 is 0 Å². The minimum atomic E-state index is -0.172. The van der Waals surface area contributed by atoms with Crippen LogP contribution in [0, 0.1) is 6.92 Å². The van der Waals surface area contributed by atoms with E-state index in [1.165, 1.54) is 5.56 Å². The van der Waals surface area contributed by atoms with Gasteiger partial charge in [0.2, 0.25) is 0 Å². The molecule has 0 spiro atoms. The summed E-state index contributed by atoms with van der Waals surface area (Å²) in [5.41, 5.74) is 7.75. The van der Waals surface area contributed by atoms with Gasteiger partial charge in [-0.05, 0) is 48.6 Å². The number of carbonyl (C=O) groups is 1. The second kappa shape index (κ2) is 8.29. The molecule has 0 saturated heterocycles. The van der Waals surface area contributed by atoms with Crippen LogP contribution in [-0.2, 0) is 4.79 Å². The quantitative estimate of drug-likeness (QED) is 0.622. The van der Waals surface area contributed by atoms with Crippen LogP contribution in [0.25, 0.3) is 0 Å². The molecule has 126 valence electrons. The van der Waals surface area contributed by atoms with E-state index in [1.54, 1.807) is 0 Å². The molecule has 2 N–H and O–H groups in total. The lowest BCUT2D eigenvalue weighted by atomic mass is 10.0. The van der Waals surface area contributed by atoms with Gasteiger partial charge in [-0.15, -0.1) is 0 Å². The molecule has 0 atom stereocenters. The Hall–Kier alpha value is -2.62. The number of amides is 1. The van der Waals surface area contributed by atoms with Gasteiger partial charge < -0.3 is 5.32 Å². The van der Waals surface area contributed by atoms with Crippen LogP contribution >= 0.6 is 0 Å². The van der Waals surface area contributed by atoms with E-state index in [-0.39, 0.29) is 12.5 Å². The van der Waals surface area contributed by atoms with E-state index in [0.29, 0.717) is 5.92 Å². The topological polar surface area (TPSA) is 53.5 Å². The van der Waals surface area contributed by atoms with Crippen molar-refractivity contribution in [2.24, 2.45) is 5.10 Å². The zero-order valence-corrected chi connectivity index (χ0v) is 14.8. The van der Waals surface area contributed by atoms with Crippen LogP contribution in [0.5, 0.6) is 0 Å². The number of hydrogen-bond acceptors (Lipinski definition) is 3. The summed E-state index contributed by atoms with van der Waals surface area (Å²) >= 11 is 0. The van der Waals surface area contributed by atoms with E-state index in [0.717, 1.165) is 22.5 Å². The van der Waals surface area contributed by atoms with Gasteiger partial charge in [-0.1, -0.05) is 50.2 Å². The van der Waals surface area contributed by atoms with Crippen LogP contribution in [-0.4, -0.2) is 18.2 Å². The maximum absolute atomic E-state index is 11.9. The standard InChI is InChI=1S/C20H25N3O/c1-14(2)17-8-10-18(11-9-17)16(4)22-23-20(24)13-21-19-7-5-6-15(3)12-19/h5-12,14,21H,13H2,1-4H3,(H,23,24). The van der Waals surface area contributed by atoms with Crippen molar-refractivity contribution in [3.05, 3.63) is 65.2 Å². The first-order chi connectivity index (χ1) is 11.5. The molecule has 1 amide bonds. The van der Waals surface area contributed by atoms with E-state index in [4.69, 9.17) is 0 Å². The van der Waals surface area contributed by atoms with Gasteiger partial charge in [0.05, 0.1) is 12.3 Å². The van der Waals surface area contributed by atoms with Crippen LogP contribution < -0.4 is 10.7 Å². The average molecular weight is 323 g/mol. The van der Waals surface area contributed by atoms with Crippen molar-refractivity contribution in [1.29, 1.82) is 0 Å². The monoisotopic (exact) mass is 323 g/mol. The third-order valence-electron chi connectivity index (χ3n) is 3.81. The van der Waals surface area contributed by atoms with E-state index in [2.05, 4.69) is 41.8 Å². The van der Waals surface area contributed by atoms with Gasteiger partial charge in [-0.3, -0.25) is 4.79 Å². The fourth-order valence-electron chi connectivity index (χ4n) is 2.30. The number of nitrogens with one attached hydrogen (secondary N) is 2. The Morgan fingerprint density at radius 3 is 2.46 bits per heavy atom.